The quantitative estimate of drug-likeness (QED) is 0.835. The van der Waals surface area contributed by atoms with Gasteiger partial charge in [0.15, 0.2) is 0 Å². The molecule has 4 heteroatoms. The molecule has 0 spiro atoms. The number of para-hydroxylation sites is 1. The van der Waals surface area contributed by atoms with E-state index in [4.69, 9.17) is 18.0 Å². The summed E-state index contributed by atoms with van der Waals surface area (Å²) in [4.78, 5) is 12.5. The summed E-state index contributed by atoms with van der Waals surface area (Å²) in [5.74, 6) is -0.184. The van der Waals surface area contributed by atoms with Crippen LogP contribution in [0.5, 0.6) is 0 Å². The van der Waals surface area contributed by atoms with Gasteiger partial charge in [0, 0.05) is 5.69 Å². The Bertz CT molecular complexity index is 501. The topological polar surface area (TPSA) is 55.1 Å². The zero-order valence-corrected chi connectivity index (χ0v) is 13.0. The number of carbonyl (C=O) groups is 1. The van der Waals surface area contributed by atoms with Gasteiger partial charge in [-0.2, -0.15) is 0 Å². The number of hydrogen-bond donors (Lipinski definition) is 2. The number of rotatable bonds is 3. The first-order chi connectivity index (χ1) is 8.56. The van der Waals surface area contributed by atoms with Crippen LogP contribution in [0.2, 0.25) is 0 Å². The van der Waals surface area contributed by atoms with Gasteiger partial charge in [-0.15, -0.1) is 0 Å². The first-order valence-electron chi connectivity index (χ1n) is 6.27. The summed E-state index contributed by atoms with van der Waals surface area (Å²) < 4.78 is 0. The standard InChI is InChI=1S/C15H22N2OS/c1-14(2,3)10-8-6-7-9-11(10)17-13(18)15(4,5)12(16)19/h6-9H,1-5H3,(H2,16,19)(H,17,18). The lowest BCUT2D eigenvalue weighted by atomic mass is 9.85. The molecule has 3 nitrogen and oxygen atoms in total. The van der Waals surface area contributed by atoms with Crippen molar-refractivity contribution in [3.63, 3.8) is 0 Å². The van der Waals surface area contributed by atoms with E-state index >= 15 is 0 Å². The van der Waals surface area contributed by atoms with Crippen LogP contribution in [-0.2, 0) is 10.2 Å². The summed E-state index contributed by atoms with van der Waals surface area (Å²) in [6.07, 6.45) is 0. The van der Waals surface area contributed by atoms with Crippen molar-refractivity contribution in [1.82, 2.24) is 0 Å². The molecule has 0 unspecified atom stereocenters. The summed E-state index contributed by atoms with van der Waals surface area (Å²) in [5, 5.41) is 2.93. The fourth-order valence-corrected chi connectivity index (χ4v) is 1.73. The molecule has 3 N–H and O–H groups in total. The van der Waals surface area contributed by atoms with Crippen molar-refractivity contribution in [2.45, 2.75) is 40.0 Å². The van der Waals surface area contributed by atoms with Crippen molar-refractivity contribution in [1.29, 1.82) is 0 Å². The molecule has 0 saturated carbocycles. The largest absolute Gasteiger partial charge is 0.392 e. The molecular weight excluding hydrogens is 256 g/mol. The van der Waals surface area contributed by atoms with Gasteiger partial charge in [-0.3, -0.25) is 4.79 Å². The van der Waals surface area contributed by atoms with Crippen molar-refractivity contribution in [2.75, 3.05) is 5.32 Å². The monoisotopic (exact) mass is 278 g/mol. The van der Waals surface area contributed by atoms with Crippen molar-refractivity contribution in [3.8, 4) is 0 Å². The van der Waals surface area contributed by atoms with Gasteiger partial charge in [-0.05, 0) is 30.9 Å². The third-order valence-corrected chi connectivity index (χ3v) is 3.68. The van der Waals surface area contributed by atoms with E-state index < -0.39 is 5.41 Å². The Morgan fingerprint density at radius 1 is 1.16 bits per heavy atom. The lowest BCUT2D eigenvalue weighted by molar-refractivity contribution is -0.121. The molecule has 0 bridgehead atoms. The zero-order chi connectivity index (χ0) is 14.8. The summed E-state index contributed by atoms with van der Waals surface area (Å²) in [7, 11) is 0. The summed E-state index contributed by atoms with van der Waals surface area (Å²) in [5.41, 5.74) is 6.61. The minimum atomic E-state index is -0.861. The minimum absolute atomic E-state index is 0.0444. The number of hydrogen-bond acceptors (Lipinski definition) is 2. The lowest BCUT2D eigenvalue weighted by Gasteiger charge is -2.26. The predicted molar refractivity (Wildman–Crippen MR) is 84.3 cm³/mol. The smallest absolute Gasteiger partial charge is 0.236 e. The van der Waals surface area contributed by atoms with Crippen molar-refractivity contribution < 1.29 is 4.79 Å². The van der Waals surface area contributed by atoms with E-state index in [0.29, 0.717) is 0 Å². The first kappa shape index (κ1) is 15.6. The Hall–Kier alpha value is -1.42. The van der Waals surface area contributed by atoms with Gasteiger partial charge in [0.05, 0.1) is 10.4 Å². The number of anilines is 1. The summed E-state index contributed by atoms with van der Waals surface area (Å²) in [6.45, 7) is 9.78. The molecule has 0 atom stereocenters. The van der Waals surface area contributed by atoms with Gasteiger partial charge in [-0.1, -0.05) is 51.2 Å². The molecule has 0 fully saturated rings. The van der Waals surface area contributed by atoms with E-state index in [1.807, 2.05) is 24.3 Å². The average Bonchev–Trinajstić information content (AvgIpc) is 2.27. The zero-order valence-electron chi connectivity index (χ0n) is 12.2. The SMILES string of the molecule is CC(C)(C(=O)Nc1ccccc1C(C)(C)C)C(N)=S. The number of amides is 1. The number of benzene rings is 1. The van der Waals surface area contributed by atoms with Gasteiger partial charge in [0.2, 0.25) is 5.91 Å². The summed E-state index contributed by atoms with van der Waals surface area (Å²) >= 11 is 4.95. The van der Waals surface area contributed by atoms with E-state index in [-0.39, 0.29) is 16.3 Å². The maximum absolute atomic E-state index is 12.3. The molecule has 1 aromatic carbocycles. The molecule has 0 saturated heterocycles. The number of thiocarbonyl (C=S) groups is 1. The van der Waals surface area contributed by atoms with E-state index in [0.717, 1.165) is 11.3 Å². The maximum atomic E-state index is 12.3. The second-order valence-electron chi connectivity index (χ2n) is 6.24. The van der Waals surface area contributed by atoms with E-state index in [9.17, 15) is 4.79 Å². The average molecular weight is 278 g/mol. The molecule has 0 heterocycles. The molecular formula is C15H22N2OS. The highest BCUT2D eigenvalue weighted by Gasteiger charge is 2.31. The number of carbonyl (C=O) groups excluding carboxylic acids is 1. The lowest BCUT2D eigenvalue weighted by Crippen LogP contribution is -2.41. The Balaban J connectivity index is 3.08. The Morgan fingerprint density at radius 2 is 1.68 bits per heavy atom. The van der Waals surface area contributed by atoms with Crippen molar-refractivity contribution in [3.05, 3.63) is 29.8 Å². The highest BCUT2D eigenvalue weighted by atomic mass is 32.1. The molecule has 0 aliphatic carbocycles. The van der Waals surface area contributed by atoms with Crippen LogP contribution in [0, 0.1) is 5.41 Å². The Kier molecular flexibility index (Phi) is 4.35. The van der Waals surface area contributed by atoms with Crippen LogP contribution >= 0.6 is 12.2 Å². The fraction of sp³-hybridized carbons (Fsp3) is 0.467. The van der Waals surface area contributed by atoms with Crippen LogP contribution in [-0.4, -0.2) is 10.9 Å². The number of nitrogens with one attached hydrogen (secondary N) is 1. The predicted octanol–water partition coefficient (Wildman–Crippen LogP) is 3.23. The molecule has 0 aliphatic heterocycles. The van der Waals surface area contributed by atoms with E-state index in [1.165, 1.54) is 0 Å². The Morgan fingerprint density at radius 3 is 2.16 bits per heavy atom. The summed E-state index contributed by atoms with van der Waals surface area (Å²) in [6, 6.07) is 7.78. The number of nitrogens with two attached hydrogens (primary N) is 1. The maximum Gasteiger partial charge on any atom is 0.236 e. The Labute approximate surface area is 120 Å². The second-order valence-corrected chi connectivity index (χ2v) is 6.68. The van der Waals surface area contributed by atoms with Gasteiger partial charge in [0.1, 0.15) is 0 Å². The highest BCUT2D eigenvalue weighted by Crippen LogP contribution is 2.30. The fourth-order valence-electron chi connectivity index (χ4n) is 1.64. The molecule has 104 valence electrons. The van der Waals surface area contributed by atoms with E-state index in [1.54, 1.807) is 13.8 Å². The molecule has 19 heavy (non-hydrogen) atoms. The van der Waals surface area contributed by atoms with Gasteiger partial charge < -0.3 is 11.1 Å². The van der Waals surface area contributed by atoms with Crippen LogP contribution in [0.3, 0.4) is 0 Å². The third kappa shape index (κ3) is 3.53. The van der Waals surface area contributed by atoms with Crippen LogP contribution in [0.15, 0.2) is 24.3 Å². The molecule has 0 aliphatic rings. The van der Waals surface area contributed by atoms with Crippen LogP contribution in [0.25, 0.3) is 0 Å². The van der Waals surface area contributed by atoms with Gasteiger partial charge in [0.25, 0.3) is 0 Å². The van der Waals surface area contributed by atoms with Gasteiger partial charge in [-0.25, -0.2) is 0 Å². The first-order valence-corrected chi connectivity index (χ1v) is 6.68. The minimum Gasteiger partial charge on any atom is -0.392 e. The van der Waals surface area contributed by atoms with Crippen molar-refractivity contribution >= 4 is 28.8 Å². The van der Waals surface area contributed by atoms with Crippen LogP contribution in [0.4, 0.5) is 5.69 Å². The molecule has 0 radical (unpaired) electrons. The molecule has 0 aromatic heterocycles. The highest BCUT2D eigenvalue weighted by molar-refractivity contribution is 7.80. The van der Waals surface area contributed by atoms with Gasteiger partial charge >= 0.3 is 0 Å². The van der Waals surface area contributed by atoms with Crippen molar-refractivity contribution in [2.24, 2.45) is 11.1 Å². The second kappa shape index (κ2) is 5.29. The normalized spacial score (nSPS) is 12.1. The molecule has 1 amide bonds. The molecule has 1 rings (SSSR count). The molecule has 1 aromatic rings. The van der Waals surface area contributed by atoms with Crippen LogP contribution < -0.4 is 11.1 Å². The van der Waals surface area contributed by atoms with E-state index in [2.05, 4.69) is 26.1 Å². The van der Waals surface area contributed by atoms with Crippen LogP contribution in [0.1, 0.15) is 40.2 Å². The third-order valence-electron chi connectivity index (χ3n) is 3.17.